The molecular formula is C17H22N4O. The van der Waals surface area contributed by atoms with Crippen LogP contribution in [0.4, 0.5) is 11.5 Å². The first-order valence-corrected chi connectivity index (χ1v) is 7.80. The number of benzene rings is 1. The van der Waals surface area contributed by atoms with Crippen molar-refractivity contribution in [2.45, 2.75) is 39.2 Å². The molecule has 1 fully saturated rings. The first-order valence-electron chi connectivity index (χ1n) is 7.80. The van der Waals surface area contributed by atoms with E-state index in [0.717, 1.165) is 42.0 Å². The number of amides is 1. The molecule has 1 heterocycles. The molecular weight excluding hydrogens is 276 g/mol. The quantitative estimate of drug-likeness (QED) is 0.889. The van der Waals surface area contributed by atoms with Crippen molar-refractivity contribution >= 4 is 17.4 Å². The number of hydrogen-bond donors (Lipinski definition) is 2. The second-order valence-electron chi connectivity index (χ2n) is 5.77. The van der Waals surface area contributed by atoms with E-state index in [-0.39, 0.29) is 5.91 Å². The van der Waals surface area contributed by atoms with Gasteiger partial charge in [0.1, 0.15) is 5.82 Å². The number of aromatic nitrogens is 2. The van der Waals surface area contributed by atoms with Gasteiger partial charge < -0.3 is 10.6 Å². The first-order chi connectivity index (χ1) is 10.6. The molecule has 0 spiro atoms. The van der Waals surface area contributed by atoms with Crippen molar-refractivity contribution < 1.29 is 4.79 Å². The van der Waals surface area contributed by atoms with Crippen molar-refractivity contribution in [1.29, 1.82) is 0 Å². The summed E-state index contributed by atoms with van der Waals surface area (Å²) in [6.07, 6.45) is 2.27. The number of anilines is 2. The Hall–Kier alpha value is -2.30. The third kappa shape index (κ3) is 2.71. The molecule has 2 N–H and O–H groups in total. The maximum atomic E-state index is 12.7. The van der Waals surface area contributed by atoms with Crippen molar-refractivity contribution in [3.63, 3.8) is 0 Å². The normalized spacial score (nSPS) is 14.0. The van der Waals surface area contributed by atoms with Crippen LogP contribution in [0.15, 0.2) is 24.3 Å². The van der Waals surface area contributed by atoms with E-state index in [4.69, 9.17) is 0 Å². The van der Waals surface area contributed by atoms with Crippen LogP contribution in [0.25, 0.3) is 0 Å². The van der Waals surface area contributed by atoms with Gasteiger partial charge in [0.2, 0.25) is 0 Å². The average molecular weight is 298 g/mol. The highest BCUT2D eigenvalue weighted by molar-refractivity contribution is 6.05. The fraction of sp³-hybridized carbons (Fsp3) is 0.412. The van der Waals surface area contributed by atoms with Gasteiger partial charge in [0.05, 0.1) is 0 Å². The van der Waals surface area contributed by atoms with E-state index in [2.05, 4.69) is 15.7 Å². The summed E-state index contributed by atoms with van der Waals surface area (Å²) in [5.41, 5.74) is 3.55. The van der Waals surface area contributed by atoms with Crippen LogP contribution in [0.3, 0.4) is 0 Å². The minimum Gasteiger partial charge on any atom is -0.373 e. The van der Waals surface area contributed by atoms with E-state index in [1.807, 2.05) is 49.8 Å². The summed E-state index contributed by atoms with van der Waals surface area (Å²) in [6.45, 7) is 4.79. The van der Waals surface area contributed by atoms with E-state index in [0.29, 0.717) is 11.6 Å². The molecule has 1 aromatic heterocycles. The maximum absolute atomic E-state index is 12.7. The van der Waals surface area contributed by atoms with Crippen molar-refractivity contribution in [3.05, 3.63) is 41.1 Å². The predicted molar refractivity (Wildman–Crippen MR) is 88.6 cm³/mol. The molecule has 1 amide bonds. The summed E-state index contributed by atoms with van der Waals surface area (Å²) in [7, 11) is 1.89. The molecule has 1 aromatic carbocycles. The Labute approximate surface area is 130 Å². The fourth-order valence-corrected chi connectivity index (χ4v) is 2.81. The average Bonchev–Trinajstić information content (AvgIpc) is 3.26. The molecule has 0 saturated heterocycles. The lowest BCUT2D eigenvalue weighted by molar-refractivity contribution is 0.102. The molecule has 3 rings (SSSR count). The summed E-state index contributed by atoms with van der Waals surface area (Å²) >= 11 is 0. The minimum absolute atomic E-state index is 0.129. The van der Waals surface area contributed by atoms with Crippen LogP contribution in [-0.2, 0) is 6.54 Å². The van der Waals surface area contributed by atoms with Gasteiger partial charge in [0.25, 0.3) is 5.91 Å². The number of hydrogen-bond acceptors (Lipinski definition) is 3. The number of aryl methyl sites for hydroxylation is 2. The van der Waals surface area contributed by atoms with Gasteiger partial charge in [-0.25, -0.2) is 4.68 Å². The van der Waals surface area contributed by atoms with Crippen molar-refractivity contribution in [2.75, 3.05) is 17.7 Å². The predicted octanol–water partition coefficient (Wildman–Crippen LogP) is 3.38. The Morgan fingerprint density at radius 3 is 2.77 bits per heavy atom. The topological polar surface area (TPSA) is 59.0 Å². The number of nitrogens with one attached hydrogen (secondary N) is 2. The smallest absolute Gasteiger partial charge is 0.276 e. The minimum atomic E-state index is -0.129. The number of carbonyl (C=O) groups excluding carboxylic acids is 1. The third-order valence-electron chi connectivity index (χ3n) is 4.00. The Kier molecular flexibility index (Phi) is 3.88. The van der Waals surface area contributed by atoms with Crippen molar-refractivity contribution in [3.8, 4) is 0 Å². The van der Waals surface area contributed by atoms with Gasteiger partial charge >= 0.3 is 0 Å². The van der Waals surface area contributed by atoms with Gasteiger partial charge in [-0.05, 0) is 50.3 Å². The van der Waals surface area contributed by atoms with E-state index >= 15 is 0 Å². The van der Waals surface area contributed by atoms with Crippen molar-refractivity contribution in [2.24, 2.45) is 0 Å². The van der Waals surface area contributed by atoms with Crippen molar-refractivity contribution in [1.82, 2.24) is 9.78 Å². The summed E-state index contributed by atoms with van der Waals surface area (Å²) in [5, 5.41) is 10.7. The molecule has 0 aliphatic heterocycles. The van der Waals surface area contributed by atoms with Gasteiger partial charge in [-0.1, -0.05) is 12.1 Å². The molecule has 0 atom stereocenters. The summed E-state index contributed by atoms with van der Waals surface area (Å²) in [6, 6.07) is 7.81. The zero-order valence-corrected chi connectivity index (χ0v) is 13.3. The lowest BCUT2D eigenvalue weighted by Crippen LogP contribution is -2.15. The molecule has 2 aromatic rings. The van der Waals surface area contributed by atoms with Gasteiger partial charge in [0.15, 0.2) is 5.69 Å². The molecule has 1 saturated carbocycles. The van der Waals surface area contributed by atoms with Crippen LogP contribution in [0, 0.1) is 6.92 Å². The fourth-order valence-electron chi connectivity index (χ4n) is 2.81. The molecule has 0 unspecified atom stereocenters. The second kappa shape index (κ2) is 5.83. The van der Waals surface area contributed by atoms with E-state index in [9.17, 15) is 4.79 Å². The van der Waals surface area contributed by atoms with Gasteiger partial charge in [-0.15, -0.1) is 0 Å². The van der Waals surface area contributed by atoms with Gasteiger partial charge in [-0.3, -0.25) is 4.79 Å². The second-order valence-corrected chi connectivity index (χ2v) is 5.77. The molecule has 1 aliphatic rings. The molecule has 0 radical (unpaired) electrons. The number of rotatable bonds is 5. The van der Waals surface area contributed by atoms with Crippen LogP contribution in [-0.4, -0.2) is 22.7 Å². The van der Waals surface area contributed by atoms with Crippen LogP contribution < -0.4 is 10.6 Å². The Balaban J connectivity index is 1.93. The lowest BCUT2D eigenvalue weighted by Gasteiger charge is -2.07. The SMILES string of the molecule is CCn1nc(C(=O)Nc2cccc(C)c2)c(C2CC2)c1NC. The monoisotopic (exact) mass is 298 g/mol. The van der Waals surface area contributed by atoms with E-state index < -0.39 is 0 Å². The summed E-state index contributed by atoms with van der Waals surface area (Å²) < 4.78 is 1.87. The molecule has 1 aliphatic carbocycles. The molecule has 5 nitrogen and oxygen atoms in total. The van der Waals surface area contributed by atoms with Crippen LogP contribution >= 0.6 is 0 Å². The molecule has 0 bridgehead atoms. The van der Waals surface area contributed by atoms with Gasteiger partial charge in [0, 0.05) is 24.8 Å². The van der Waals surface area contributed by atoms with Crippen LogP contribution in [0.2, 0.25) is 0 Å². The number of carbonyl (C=O) groups is 1. The highest BCUT2D eigenvalue weighted by atomic mass is 16.2. The molecule has 116 valence electrons. The molecule has 22 heavy (non-hydrogen) atoms. The zero-order valence-electron chi connectivity index (χ0n) is 13.3. The maximum Gasteiger partial charge on any atom is 0.276 e. The lowest BCUT2D eigenvalue weighted by atomic mass is 10.1. The Bertz CT molecular complexity index is 701. The van der Waals surface area contributed by atoms with E-state index in [1.165, 1.54) is 0 Å². The Morgan fingerprint density at radius 2 is 2.18 bits per heavy atom. The van der Waals surface area contributed by atoms with Crippen LogP contribution in [0.5, 0.6) is 0 Å². The largest absolute Gasteiger partial charge is 0.373 e. The highest BCUT2D eigenvalue weighted by Crippen LogP contribution is 2.45. The Morgan fingerprint density at radius 1 is 1.41 bits per heavy atom. The zero-order chi connectivity index (χ0) is 15.7. The number of nitrogens with zero attached hydrogens (tertiary/aromatic N) is 2. The first kappa shape index (κ1) is 14.6. The summed E-state index contributed by atoms with van der Waals surface area (Å²) in [4.78, 5) is 12.7. The van der Waals surface area contributed by atoms with Crippen LogP contribution in [0.1, 0.15) is 47.3 Å². The van der Waals surface area contributed by atoms with E-state index in [1.54, 1.807) is 0 Å². The standard InChI is InChI=1S/C17H22N4O/c1-4-21-16(18-3)14(12-8-9-12)15(20-21)17(22)19-13-7-5-6-11(2)10-13/h5-7,10,12,18H,4,8-9H2,1-3H3,(H,19,22). The summed E-state index contributed by atoms with van der Waals surface area (Å²) in [5.74, 6) is 1.30. The van der Waals surface area contributed by atoms with Gasteiger partial charge in [-0.2, -0.15) is 5.10 Å². The molecule has 5 heteroatoms. The highest BCUT2D eigenvalue weighted by Gasteiger charge is 2.34. The third-order valence-corrected chi connectivity index (χ3v) is 4.00.